The number of aryl methyl sites for hydroxylation is 1. The number of para-hydroxylation sites is 1. The summed E-state index contributed by atoms with van der Waals surface area (Å²) in [5, 5.41) is 6.10. The first-order chi connectivity index (χ1) is 11.7. The normalized spacial score (nSPS) is 15.8. The average molecular weight is 356 g/mol. The number of amides is 1. The highest BCUT2D eigenvalue weighted by molar-refractivity contribution is 7.16. The minimum atomic E-state index is -0.428. The third kappa shape index (κ3) is 3.07. The zero-order valence-corrected chi connectivity index (χ0v) is 14.7. The van der Waals surface area contributed by atoms with Gasteiger partial charge in [0.1, 0.15) is 5.75 Å². The van der Waals surface area contributed by atoms with Crippen molar-refractivity contribution in [1.82, 2.24) is 10.3 Å². The predicted octanol–water partition coefficient (Wildman–Crippen LogP) is 3.80. The third-order valence-corrected chi connectivity index (χ3v) is 5.79. The molecule has 0 aliphatic carbocycles. The monoisotopic (exact) mass is 356 g/mol. The number of rotatable bonds is 4. The molecule has 1 amide bonds. The van der Waals surface area contributed by atoms with E-state index in [4.69, 9.17) is 4.74 Å². The molecule has 3 aromatic rings. The van der Waals surface area contributed by atoms with Crippen LogP contribution in [0.4, 0.5) is 0 Å². The molecule has 1 atom stereocenters. The van der Waals surface area contributed by atoms with Gasteiger partial charge in [-0.05, 0) is 30.7 Å². The number of nitrogens with zero attached hydrogens (tertiary/aromatic N) is 1. The molecule has 2 aromatic heterocycles. The van der Waals surface area contributed by atoms with Gasteiger partial charge in [-0.25, -0.2) is 4.98 Å². The number of hydrogen-bond donors (Lipinski definition) is 1. The molecule has 0 unspecified atom stereocenters. The lowest BCUT2D eigenvalue weighted by Crippen LogP contribution is -2.36. The Hall–Kier alpha value is -2.18. The molecule has 1 N–H and O–H groups in total. The van der Waals surface area contributed by atoms with Crippen molar-refractivity contribution in [2.24, 2.45) is 0 Å². The van der Waals surface area contributed by atoms with Gasteiger partial charge in [0.05, 0.1) is 22.1 Å². The Bertz CT molecular complexity index is 860. The second-order valence-electron chi connectivity index (χ2n) is 5.65. The molecule has 24 heavy (non-hydrogen) atoms. The molecule has 4 rings (SSSR count). The molecule has 0 fully saturated rings. The van der Waals surface area contributed by atoms with E-state index in [1.807, 2.05) is 37.3 Å². The van der Waals surface area contributed by atoms with Crippen molar-refractivity contribution in [2.75, 3.05) is 0 Å². The topological polar surface area (TPSA) is 51.2 Å². The number of ether oxygens (including phenoxy) is 1. The van der Waals surface area contributed by atoms with Crippen molar-refractivity contribution >= 4 is 28.6 Å². The second-order valence-corrected chi connectivity index (χ2v) is 7.88. The maximum absolute atomic E-state index is 12.3. The summed E-state index contributed by atoms with van der Waals surface area (Å²) in [5.74, 6) is 0.751. The van der Waals surface area contributed by atoms with Crippen molar-refractivity contribution in [3.63, 3.8) is 0 Å². The zero-order valence-electron chi connectivity index (χ0n) is 13.1. The van der Waals surface area contributed by atoms with E-state index in [-0.39, 0.29) is 5.91 Å². The Morgan fingerprint density at radius 1 is 1.33 bits per heavy atom. The van der Waals surface area contributed by atoms with Gasteiger partial charge in [0.15, 0.2) is 6.10 Å². The molecule has 0 saturated heterocycles. The summed E-state index contributed by atoms with van der Waals surface area (Å²) >= 11 is 3.31. The SMILES string of the molecule is Cc1nc(-c2ccc(CNC(=O)[C@H]3Cc4ccccc4O3)s2)cs1. The van der Waals surface area contributed by atoms with Gasteiger partial charge in [0.25, 0.3) is 5.91 Å². The summed E-state index contributed by atoms with van der Waals surface area (Å²) in [7, 11) is 0. The quantitative estimate of drug-likeness (QED) is 0.773. The van der Waals surface area contributed by atoms with Crippen LogP contribution in [0.25, 0.3) is 10.6 Å². The van der Waals surface area contributed by atoms with Gasteiger partial charge in [-0.3, -0.25) is 4.79 Å². The first kappa shape index (κ1) is 15.4. The van der Waals surface area contributed by atoms with Crippen LogP contribution in [0, 0.1) is 6.92 Å². The second kappa shape index (κ2) is 6.37. The minimum Gasteiger partial charge on any atom is -0.480 e. The lowest BCUT2D eigenvalue weighted by molar-refractivity contribution is -0.127. The lowest BCUT2D eigenvalue weighted by Gasteiger charge is -2.10. The standard InChI is InChI=1S/C18H16N2O2S2/c1-11-20-14(10-23-11)17-7-6-13(24-17)9-19-18(21)16-8-12-4-2-3-5-15(12)22-16/h2-7,10,16H,8-9H2,1H3,(H,19,21)/t16-/m1/s1. The first-order valence-corrected chi connectivity index (χ1v) is 9.42. The molecule has 0 bridgehead atoms. The fourth-order valence-electron chi connectivity index (χ4n) is 2.70. The first-order valence-electron chi connectivity index (χ1n) is 7.72. The Labute approximate surface area is 148 Å². The maximum atomic E-state index is 12.3. The van der Waals surface area contributed by atoms with E-state index in [0.717, 1.165) is 31.8 Å². The number of carbonyl (C=O) groups excluding carboxylic acids is 1. The Kier molecular flexibility index (Phi) is 4.08. The summed E-state index contributed by atoms with van der Waals surface area (Å²) < 4.78 is 5.72. The number of aromatic nitrogens is 1. The molecule has 3 heterocycles. The highest BCUT2D eigenvalue weighted by Crippen LogP contribution is 2.30. The van der Waals surface area contributed by atoms with E-state index in [0.29, 0.717) is 13.0 Å². The summed E-state index contributed by atoms with van der Waals surface area (Å²) in [5.41, 5.74) is 2.10. The van der Waals surface area contributed by atoms with Gasteiger partial charge < -0.3 is 10.1 Å². The number of benzene rings is 1. The molecular weight excluding hydrogens is 340 g/mol. The van der Waals surface area contributed by atoms with Gasteiger partial charge in [-0.2, -0.15) is 0 Å². The van der Waals surface area contributed by atoms with Crippen LogP contribution in [0.5, 0.6) is 5.75 Å². The maximum Gasteiger partial charge on any atom is 0.261 e. The molecule has 1 aliphatic heterocycles. The van der Waals surface area contributed by atoms with Crippen LogP contribution in [0.2, 0.25) is 0 Å². The van der Waals surface area contributed by atoms with E-state index in [2.05, 4.69) is 21.7 Å². The molecule has 6 heteroatoms. The van der Waals surface area contributed by atoms with E-state index < -0.39 is 6.10 Å². The van der Waals surface area contributed by atoms with Crippen molar-refractivity contribution < 1.29 is 9.53 Å². The molecule has 1 aliphatic rings. The van der Waals surface area contributed by atoms with Crippen LogP contribution in [-0.2, 0) is 17.8 Å². The van der Waals surface area contributed by atoms with Gasteiger partial charge in [-0.1, -0.05) is 18.2 Å². The summed E-state index contributed by atoms with van der Waals surface area (Å²) in [6.45, 7) is 2.52. The summed E-state index contributed by atoms with van der Waals surface area (Å²) in [6, 6.07) is 11.9. The molecule has 0 radical (unpaired) electrons. The summed E-state index contributed by atoms with van der Waals surface area (Å²) in [4.78, 5) is 19.1. The van der Waals surface area contributed by atoms with Crippen LogP contribution in [0.3, 0.4) is 0 Å². The van der Waals surface area contributed by atoms with Gasteiger partial charge in [-0.15, -0.1) is 22.7 Å². The van der Waals surface area contributed by atoms with Crippen molar-refractivity contribution in [1.29, 1.82) is 0 Å². The number of hydrogen-bond acceptors (Lipinski definition) is 5. The Balaban J connectivity index is 1.36. The van der Waals surface area contributed by atoms with Crippen LogP contribution >= 0.6 is 22.7 Å². The number of carbonyl (C=O) groups is 1. The van der Waals surface area contributed by atoms with E-state index in [1.54, 1.807) is 22.7 Å². The van der Waals surface area contributed by atoms with Crippen molar-refractivity contribution in [3.8, 4) is 16.3 Å². The minimum absolute atomic E-state index is 0.0642. The molecule has 4 nitrogen and oxygen atoms in total. The molecule has 1 aromatic carbocycles. The molecule has 0 saturated carbocycles. The Morgan fingerprint density at radius 3 is 3.00 bits per heavy atom. The fourth-order valence-corrected chi connectivity index (χ4v) is 4.30. The Morgan fingerprint density at radius 2 is 2.21 bits per heavy atom. The fraction of sp³-hybridized carbons (Fsp3) is 0.222. The van der Waals surface area contributed by atoms with Gasteiger partial charge in [0.2, 0.25) is 0 Å². The van der Waals surface area contributed by atoms with Crippen LogP contribution < -0.4 is 10.1 Å². The highest BCUT2D eigenvalue weighted by Gasteiger charge is 2.28. The van der Waals surface area contributed by atoms with Gasteiger partial charge >= 0.3 is 0 Å². The lowest BCUT2D eigenvalue weighted by atomic mass is 10.1. The summed E-state index contributed by atoms with van der Waals surface area (Å²) in [6.07, 6.45) is 0.207. The third-order valence-electron chi connectivity index (χ3n) is 3.91. The van der Waals surface area contributed by atoms with E-state index in [1.165, 1.54) is 0 Å². The van der Waals surface area contributed by atoms with Crippen LogP contribution in [0.1, 0.15) is 15.4 Å². The van der Waals surface area contributed by atoms with E-state index in [9.17, 15) is 4.79 Å². The van der Waals surface area contributed by atoms with Crippen LogP contribution in [-0.4, -0.2) is 17.0 Å². The van der Waals surface area contributed by atoms with E-state index >= 15 is 0 Å². The van der Waals surface area contributed by atoms with Crippen LogP contribution in [0.15, 0.2) is 41.8 Å². The smallest absolute Gasteiger partial charge is 0.261 e. The number of fused-ring (bicyclic) bond motifs is 1. The molecule has 122 valence electrons. The predicted molar refractivity (Wildman–Crippen MR) is 96.6 cm³/mol. The largest absolute Gasteiger partial charge is 0.480 e. The number of thiophene rings is 1. The zero-order chi connectivity index (χ0) is 16.5. The molecular formula is C18H16N2O2S2. The average Bonchev–Trinajstić information content (AvgIpc) is 3.31. The van der Waals surface area contributed by atoms with Crippen molar-refractivity contribution in [3.05, 3.63) is 57.2 Å². The molecule has 0 spiro atoms. The highest BCUT2D eigenvalue weighted by atomic mass is 32.1. The van der Waals surface area contributed by atoms with Crippen molar-refractivity contribution in [2.45, 2.75) is 26.0 Å². The van der Waals surface area contributed by atoms with Gasteiger partial charge in [0, 0.05) is 16.7 Å². The number of nitrogens with one attached hydrogen (secondary N) is 1. The number of thiazole rings is 1.